The van der Waals surface area contributed by atoms with Crippen molar-refractivity contribution in [2.75, 3.05) is 11.9 Å². The van der Waals surface area contributed by atoms with Crippen LogP contribution in [0.2, 0.25) is 0 Å². The Bertz CT molecular complexity index is 509. The lowest BCUT2D eigenvalue weighted by Gasteiger charge is -2.11. The van der Waals surface area contributed by atoms with Gasteiger partial charge in [0.15, 0.2) is 0 Å². The van der Waals surface area contributed by atoms with Gasteiger partial charge in [-0.05, 0) is 37.6 Å². The van der Waals surface area contributed by atoms with E-state index in [1.165, 1.54) is 12.1 Å². The molecule has 110 valence electrons. The second kappa shape index (κ2) is 7.56. The number of imide groups is 1. The van der Waals surface area contributed by atoms with Crippen LogP contribution in [0.15, 0.2) is 22.7 Å². The molecule has 0 bridgehead atoms. The van der Waals surface area contributed by atoms with E-state index in [0.717, 1.165) is 13.0 Å². The SMILES string of the molecule is Cl.O=C(NC(=O)C1CCCN1)Nc1ccc(Br)cc1F. The zero-order valence-corrected chi connectivity index (χ0v) is 12.8. The number of amides is 3. The molecule has 2 rings (SSSR count). The van der Waals surface area contributed by atoms with E-state index in [4.69, 9.17) is 0 Å². The Labute approximate surface area is 130 Å². The molecule has 3 amide bonds. The standard InChI is InChI=1S/C12H13BrFN3O2.ClH/c13-7-3-4-9(8(14)6-7)16-12(19)17-11(18)10-2-1-5-15-10;/h3-4,6,10,15H,1-2,5H2,(H2,16,17,18,19);1H. The molecule has 1 atom stereocenters. The third kappa shape index (κ3) is 4.43. The predicted molar refractivity (Wildman–Crippen MR) is 79.5 cm³/mol. The first-order chi connectivity index (χ1) is 9.06. The highest BCUT2D eigenvalue weighted by molar-refractivity contribution is 9.10. The first-order valence-corrected chi connectivity index (χ1v) is 6.66. The minimum Gasteiger partial charge on any atom is -0.306 e. The Balaban J connectivity index is 0.00000200. The summed E-state index contributed by atoms with van der Waals surface area (Å²) in [5, 5.41) is 7.45. The van der Waals surface area contributed by atoms with Crippen LogP contribution in [0, 0.1) is 5.82 Å². The normalized spacial score (nSPS) is 17.2. The van der Waals surface area contributed by atoms with E-state index in [1.807, 2.05) is 0 Å². The molecule has 1 aliphatic heterocycles. The van der Waals surface area contributed by atoms with Gasteiger partial charge >= 0.3 is 6.03 Å². The predicted octanol–water partition coefficient (Wildman–Crippen LogP) is 2.41. The summed E-state index contributed by atoms with van der Waals surface area (Å²) in [6, 6.07) is 3.16. The molecular formula is C12H14BrClFN3O2. The van der Waals surface area contributed by atoms with Gasteiger partial charge in [0.05, 0.1) is 11.7 Å². The van der Waals surface area contributed by atoms with Gasteiger partial charge < -0.3 is 10.6 Å². The quantitative estimate of drug-likeness (QED) is 0.753. The monoisotopic (exact) mass is 365 g/mol. The highest BCUT2D eigenvalue weighted by Gasteiger charge is 2.23. The van der Waals surface area contributed by atoms with Crippen molar-refractivity contribution >= 4 is 46.0 Å². The second-order valence-corrected chi connectivity index (χ2v) is 5.13. The summed E-state index contributed by atoms with van der Waals surface area (Å²) in [5.74, 6) is -0.969. The summed E-state index contributed by atoms with van der Waals surface area (Å²) in [6.07, 6.45) is 1.60. The number of rotatable bonds is 2. The number of carbonyl (C=O) groups is 2. The minimum atomic E-state index is -0.736. The number of hydrogen-bond donors (Lipinski definition) is 3. The van der Waals surface area contributed by atoms with E-state index in [2.05, 4.69) is 31.9 Å². The summed E-state index contributed by atoms with van der Waals surface area (Å²) in [4.78, 5) is 23.2. The number of benzene rings is 1. The molecule has 0 radical (unpaired) electrons. The van der Waals surface area contributed by atoms with Gasteiger partial charge in [0.25, 0.3) is 0 Å². The molecule has 1 aromatic carbocycles. The van der Waals surface area contributed by atoms with E-state index in [-0.39, 0.29) is 24.1 Å². The van der Waals surface area contributed by atoms with Gasteiger partial charge in [0.1, 0.15) is 5.82 Å². The van der Waals surface area contributed by atoms with Crippen molar-refractivity contribution in [1.82, 2.24) is 10.6 Å². The molecule has 1 fully saturated rings. The summed E-state index contributed by atoms with van der Waals surface area (Å²) in [6.45, 7) is 0.765. The first kappa shape index (κ1) is 16.9. The largest absolute Gasteiger partial charge is 0.326 e. The summed E-state index contributed by atoms with van der Waals surface area (Å²) in [5.41, 5.74) is 0.0212. The van der Waals surface area contributed by atoms with Crippen molar-refractivity contribution in [3.05, 3.63) is 28.5 Å². The molecule has 1 unspecified atom stereocenters. The number of hydrogen-bond acceptors (Lipinski definition) is 3. The van der Waals surface area contributed by atoms with Gasteiger partial charge in [-0.15, -0.1) is 12.4 Å². The van der Waals surface area contributed by atoms with Crippen LogP contribution in [-0.4, -0.2) is 24.5 Å². The summed E-state index contributed by atoms with van der Waals surface area (Å²) < 4.78 is 14.1. The van der Waals surface area contributed by atoms with Crippen LogP contribution < -0.4 is 16.0 Å². The van der Waals surface area contributed by atoms with Gasteiger partial charge in [0, 0.05) is 4.47 Å². The van der Waals surface area contributed by atoms with Crippen LogP contribution >= 0.6 is 28.3 Å². The third-order valence-electron chi connectivity index (χ3n) is 2.79. The second-order valence-electron chi connectivity index (χ2n) is 4.22. The molecule has 20 heavy (non-hydrogen) atoms. The average molecular weight is 367 g/mol. The third-order valence-corrected chi connectivity index (χ3v) is 3.29. The van der Waals surface area contributed by atoms with Gasteiger partial charge in [-0.25, -0.2) is 9.18 Å². The molecule has 0 aromatic heterocycles. The molecular weight excluding hydrogens is 353 g/mol. The molecule has 0 aliphatic carbocycles. The number of anilines is 1. The molecule has 1 heterocycles. The molecule has 0 saturated carbocycles. The number of urea groups is 1. The maximum absolute atomic E-state index is 13.5. The van der Waals surface area contributed by atoms with Crippen molar-refractivity contribution in [3.8, 4) is 0 Å². The van der Waals surface area contributed by atoms with E-state index >= 15 is 0 Å². The van der Waals surface area contributed by atoms with E-state index in [0.29, 0.717) is 10.9 Å². The van der Waals surface area contributed by atoms with Crippen LogP contribution in [-0.2, 0) is 4.79 Å². The van der Waals surface area contributed by atoms with Crippen LogP contribution in [0.3, 0.4) is 0 Å². The lowest BCUT2D eigenvalue weighted by Crippen LogP contribution is -2.44. The molecule has 0 spiro atoms. The van der Waals surface area contributed by atoms with Crippen molar-refractivity contribution < 1.29 is 14.0 Å². The van der Waals surface area contributed by atoms with Gasteiger partial charge in [-0.2, -0.15) is 0 Å². The Morgan fingerprint density at radius 2 is 2.15 bits per heavy atom. The van der Waals surface area contributed by atoms with Gasteiger partial charge in [0.2, 0.25) is 5.91 Å². The topological polar surface area (TPSA) is 70.2 Å². The fourth-order valence-electron chi connectivity index (χ4n) is 1.85. The Morgan fingerprint density at radius 1 is 1.40 bits per heavy atom. The fourth-order valence-corrected chi connectivity index (χ4v) is 2.18. The highest BCUT2D eigenvalue weighted by atomic mass is 79.9. The van der Waals surface area contributed by atoms with Crippen LogP contribution in [0.1, 0.15) is 12.8 Å². The Morgan fingerprint density at radius 3 is 2.75 bits per heavy atom. The van der Waals surface area contributed by atoms with Crippen molar-refractivity contribution in [1.29, 1.82) is 0 Å². The average Bonchev–Trinajstić information content (AvgIpc) is 2.86. The Kier molecular flexibility index (Phi) is 6.38. The van der Waals surface area contributed by atoms with Crippen molar-refractivity contribution in [3.63, 3.8) is 0 Å². The molecule has 1 saturated heterocycles. The zero-order chi connectivity index (χ0) is 13.8. The highest BCUT2D eigenvalue weighted by Crippen LogP contribution is 2.19. The summed E-state index contributed by atoms with van der Waals surface area (Å²) >= 11 is 3.12. The Hall–Kier alpha value is -1.18. The first-order valence-electron chi connectivity index (χ1n) is 5.86. The lowest BCUT2D eigenvalue weighted by molar-refractivity contribution is -0.121. The van der Waals surface area contributed by atoms with Crippen molar-refractivity contribution in [2.45, 2.75) is 18.9 Å². The zero-order valence-electron chi connectivity index (χ0n) is 10.4. The van der Waals surface area contributed by atoms with Crippen LogP contribution in [0.25, 0.3) is 0 Å². The summed E-state index contributed by atoms with van der Waals surface area (Å²) in [7, 11) is 0. The van der Waals surface area contributed by atoms with Crippen LogP contribution in [0.4, 0.5) is 14.9 Å². The molecule has 1 aliphatic rings. The smallest absolute Gasteiger partial charge is 0.306 e. The molecule has 5 nitrogen and oxygen atoms in total. The molecule has 3 N–H and O–H groups in total. The maximum atomic E-state index is 13.5. The lowest BCUT2D eigenvalue weighted by atomic mass is 10.2. The van der Waals surface area contributed by atoms with E-state index in [1.54, 1.807) is 6.07 Å². The number of nitrogens with one attached hydrogen (secondary N) is 3. The van der Waals surface area contributed by atoms with Gasteiger partial charge in [-0.1, -0.05) is 15.9 Å². The number of halogens is 3. The fraction of sp³-hybridized carbons (Fsp3) is 0.333. The molecule has 8 heteroatoms. The van der Waals surface area contributed by atoms with Gasteiger partial charge in [-0.3, -0.25) is 10.1 Å². The molecule has 1 aromatic rings. The van der Waals surface area contributed by atoms with Crippen LogP contribution in [0.5, 0.6) is 0 Å². The maximum Gasteiger partial charge on any atom is 0.326 e. The van der Waals surface area contributed by atoms with Crippen molar-refractivity contribution in [2.24, 2.45) is 0 Å². The van der Waals surface area contributed by atoms with E-state index < -0.39 is 17.8 Å². The number of carbonyl (C=O) groups excluding carboxylic acids is 2. The minimum absolute atomic E-state index is 0. The van der Waals surface area contributed by atoms with E-state index in [9.17, 15) is 14.0 Å².